The van der Waals surface area contributed by atoms with Crippen LogP contribution in [0.3, 0.4) is 0 Å². The lowest BCUT2D eigenvalue weighted by Crippen LogP contribution is -2.30. The summed E-state index contributed by atoms with van der Waals surface area (Å²) in [4.78, 5) is 28.9. The van der Waals surface area contributed by atoms with E-state index in [0.717, 1.165) is 11.1 Å². The number of halogens is 1. The largest absolute Gasteiger partial charge is 0.440 e. The fraction of sp³-hybridized carbons (Fsp3) is 0.0526. The van der Waals surface area contributed by atoms with Crippen molar-refractivity contribution in [2.75, 3.05) is 0 Å². The summed E-state index contributed by atoms with van der Waals surface area (Å²) in [7, 11) is 0. The molecule has 0 saturated carbocycles. The van der Waals surface area contributed by atoms with E-state index in [-0.39, 0.29) is 11.8 Å². The van der Waals surface area contributed by atoms with E-state index in [2.05, 4.69) is 9.97 Å². The number of aromatic nitrogens is 2. The van der Waals surface area contributed by atoms with Gasteiger partial charge in [0.15, 0.2) is 0 Å². The topological polar surface area (TPSA) is 75.0 Å². The number of benzene rings is 2. The lowest BCUT2D eigenvalue weighted by atomic mass is 9.89. The summed E-state index contributed by atoms with van der Waals surface area (Å²) in [5, 5.41) is 0.610. The Morgan fingerprint density at radius 2 is 1.64 bits per heavy atom. The second kappa shape index (κ2) is 6.11. The molecule has 124 valence electrons. The minimum Gasteiger partial charge on any atom is -0.440 e. The maximum Gasteiger partial charge on any atom is 0.328 e. The van der Waals surface area contributed by atoms with Gasteiger partial charge in [-0.1, -0.05) is 54.1 Å². The lowest BCUT2D eigenvalue weighted by Gasteiger charge is -2.24. The monoisotopic (exact) mass is 352 g/mol. The molecule has 1 aliphatic heterocycles. The Bertz CT molecular complexity index is 1070. The van der Waals surface area contributed by atoms with Gasteiger partial charge < -0.3 is 4.74 Å². The van der Waals surface area contributed by atoms with Gasteiger partial charge >= 0.3 is 5.69 Å². The summed E-state index contributed by atoms with van der Waals surface area (Å²) >= 11 is 5.97. The third kappa shape index (κ3) is 2.90. The second-order valence-corrected chi connectivity index (χ2v) is 6.12. The average molecular weight is 353 g/mol. The van der Waals surface area contributed by atoms with E-state index in [1.165, 1.54) is 0 Å². The summed E-state index contributed by atoms with van der Waals surface area (Å²) in [6, 6.07) is 16.7. The van der Waals surface area contributed by atoms with Crippen LogP contribution in [0.4, 0.5) is 0 Å². The van der Waals surface area contributed by atoms with E-state index in [0.29, 0.717) is 16.3 Å². The predicted octanol–water partition coefficient (Wildman–Crippen LogP) is 3.28. The first kappa shape index (κ1) is 15.5. The zero-order valence-corrected chi connectivity index (χ0v) is 13.7. The molecule has 2 N–H and O–H groups in total. The molecule has 0 radical (unpaired) electrons. The highest BCUT2D eigenvalue weighted by molar-refractivity contribution is 6.30. The van der Waals surface area contributed by atoms with Crippen molar-refractivity contribution in [3.8, 4) is 5.88 Å². The zero-order valence-electron chi connectivity index (χ0n) is 13.0. The molecular formula is C19H13ClN2O3. The van der Waals surface area contributed by atoms with Crippen LogP contribution in [0.2, 0.25) is 5.02 Å². The molecule has 1 aromatic heterocycles. The van der Waals surface area contributed by atoms with Crippen molar-refractivity contribution in [3.05, 3.63) is 103 Å². The van der Waals surface area contributed by atoms with Crippen molar-refractivity contribution >= 4 is 17.4 Å². The summed E-state index contributed by atoms with van der Waals surface area (Å²) < 4.78 is 5.81. The van der Waals surface area contributed by atoms with Crippen LogP contribution in [0.1, 0.15) is 22.6 Å². The SMILES string of the molecule is O=c1[nH]c2c(c(=O)[nH]1)C(c1ccc(Cl)cc1)C=C(c1ccccc1)O2. The minimum atomic E-state index is -0.604. The zero-order chi connectivity index (χ0) is 17.4. The Hall–Kier alpha value is -3.05. The lowest BCUT2D eigenvalue weighted by molar-refractivity contribution is 0.464. The molecule has 0 bridgehead atoms. The quantitative estimate of drug-likeness (QED) is 0.743. The minimum absolute atomic E-state index is 0.162. The molecule has 5 nitrogen and oxygen atoms in total. The first-order valence-corrected chi connectivity index (χ1v) is 8.06. The van der Waals surface area contributed by atoms with Crippen molar-refractivity contribution in [1.29, 1.82) is 0 Å². The highest BCUT2D eigenvalue weighted by Crippen LogP contribution is 2.37. The van der Waals surface area contributed by atoms with Gasteiger partial charge in [0.05, 0.1) is 5.56 Å². The fourth-order valence-electron chi connectivity index (χ4n) is 2.91. The molecule has 0 saturated heterocycles. The van der Waals surface area contributed by atoms with Crippen LogP contribution in [-0.4, -0.2) is 9.97 Å². The number of rotatable bonds is 2. The number of hydrogen-bond acceptors (Lipinski definition) is 3. The standard InChI is InChI=1S/C19H13ClN2O3/c20-13-8-6-11(7-9-13)14-10-15(12-4-2-1-3-5-12)25-18-16(14)17(23)21-19(24)22-18/h1-10,14H,(H2,21,22,23,24). The Kier molecular flexibility index (Phi) is 3.78. The molecule has 6 heteroatoms. The molecular weight excluding hydrogens is 340 g/mol. The van der Waals surface area contributed by atoms with Crippen molar-refractivity contribution in [3.63, 3.8) is 0 Å². The first-order chi connectivity index (χ1) is 12.1. The summed E-state index contributed by atoms with van der Waals surface area (Å²) in [6.45, 7) is 0. The molecule has 0 spiro atoms. The number of aromatic amines is 2. The van der Waals surface area contributed by atoms with Gasteiger partial charge in [-0.05, 0) is 23.8 Å². The van der Waals surface area contributed by atoms with Crippen LogP contribution in [0.25, 0.3) is 5.76 Å². The van der Waals surface area contributed by atoms with E-state index in [1.807, 2.05) is 48.5 Å². The van der Waals surface area contributed by atoms with Crippen molar-refractivity contribution in [2.45, 2.75) is 5.92 Å². The molecule has 0 aliphatic carbocycles. The Morgan fingerprint density at radius 1 is 0.920 bits per heavy atom. The molecule has 1 atom stereocenters. The van der Waals surface area contributed by atoms with Crippen LogP contribution in [0.15, 0.2) is 70.3 Å². The fourth-order valence-corrected chi connectivity index (χ4v) is 3.03. The number of fused-ring (bicyclic) bond motifs is 1. The molecule has 25 heavy (non-hydrogen) atoms. The maximum absolute atomic E-state index is 12.4. The van der Waals surface area contributed by atoms with Gasteiger partial charge in [-0.15, -0.1) is 0 Å². The highest BCUT2D eigenvalue weighted by Gasteiger charge is 2.28. The molecule has 1 aliphatic rings. The number of nitrogens with one attached hydrogen (secondary N) is 2. The second-order valence-electron chi connectivity index (χ2n) is 5.68. The van der Waals surface area contributed by atoms with Gasteiger partial charge in [-0.3, -0.25) is 14.8 Å². The van der Waals surface area contributed by atoms with Crippen molar-refractivity contribution in [2.24, 2.45) is 0 Å². The molecule has 3 aromatic rings. The maximum atomic E-state index is 12.4. The first-order valence-electron chi connectivity index (χ1n) is 7.69. The Labute approximate surface area is 147 Å². The van der Waals surface area contributed by atoms with Crippen LogP contribution in [0.5, 0.6) is 5.88 Å². The van der Waals surface area contributed by atoms with Crippen LogP contribution in [-0.2, 0) is 0 Å². The van der Waals surface area contributed by atoms with E-state index in [4.69, 9.17) is 16.3 Å². The Balaban J connectivity index is 1.93. The average Bonchev–Trinajstić information content (AvgIpc) is 2.62. The van der Waals surface area contributed by atoms with Gasteiger partial charge in [-0.2, -0.15) is 0 Å². The normalized spacial score (nSPS) is 15.9. The Morgan fingerprint density at radius 3 is 2.36 bits per heavy atom. The number of H-pyrrole nitrogens is 2. The molecule has 0 amide bonds. The molecule has 1 unspecified atom stereocenters. The summed E-state index contributed by atoms with van der Waals surface area (Å²) in [5.74, 6) is 0.376. The van der Waals surface area contributed by atoms with E-state index in [9.17, 15) is 9.59 Å². The molecule has 2 heterocycles. The van der Waals surface area contributed by atoms with Gasteiger partial charge in [0, 0.05) is 16.5 Å². The third-order valence-corrected chi connectivity index (χ3v) is 4.32. The van der Waals surface area contributed by atoms with Crippen LogP contribution >= 0.6 is 11.6 Å². The third-order valence-electron chi connectivity index (χ3n) is 4.07. The van der Waals surface area contributed by atoms with Crippen molar-refractivity contribution in [1.82, 2.24) is 9.97 Å². The smallest absolute Gasteiger partial charge is 0.328 e. The van der Waals surface area contributed by atoms with Gasteiger partial charge in [0.25, 0.3) is 5.56 Å². The highest BCUT2D eigenvalue weighted by atomic mass is 35.5. The number of hydrogen-bond donors (Lipinski definition) is 2. The van der Waals surface area contributed by atoms with Crippen molar-refractivity contribution < 1.29 is 4.74 Å². The molecule has 2 aromatic carbocycles. The van der Waals surface area contributed by atoms with E-state index >= 15 is 0 Å². The van der Waals surface area contributed by atoms with Crippen LogP contribution < -0.4 is 16.0 Å². The van der Waals surface area contributed by atoms with Gasteiger partial charge in [0.1, 0.15) is 5.76 Å². The summed E-state index contributed by atoms with van der Waals surface area (Å²) in [6.07, 6.45) is 1.87. The number of ether oxygens (including phenoxy) is 1. The molecule has 0 fully saturated rings. The number of allylic oxidation sites excluding steroid dienone is 1. The van der Waals surface area contributed by atoms with E-state index in [1.54, 1.807) is 12.1 Å². The predicted molar refractivity (Wildman–Crippen MR) is 96.0 cm³/mol. The van der Waals surface area contributed by atoms with E-state index < -0.39 is 11.2 Å². The van der Waals surface area contributed by atoms with Gasteiger partial charge in [0.2, 0.25) is 5.88 Å². The molecule has 4 rings (SSSR count). The van der Waals surface area contributed by atoms with Crippen LogP contribution in [0, 0.1) is 0 Å². The van der Waals surface area contributed by atoms with Gasteiger partial charge in [-0.25, -0.2) is 4.79 Å². The summed E-state index contributed by atoms with van der Waals surface area (Å²) in [5.41, 5.74) is 1.02.